The number of hydrogen-bond donors (Lipinski definition) is 1. The normalized spacial score (nSPS) is 10.2. The van der Waals surface area contributed by atoms with Gasteiger partial charge < -0.3 is 0 Å². The van der Waals surface area contributed by atoms with Crippen molar-refractivity contribution >= 4 is 42.1 Å². The molecule has 1 amide bonds. The Labute approximate surface area is 213 Å². The molecule has 0 unspecified atom stereocenters. The van der Waals surface area contributed by atoms with E-state index in [2.05, 4.69) is 91.0 Å². The molecule has 0 aliphatic heterocycles. The second-order valence-corrected chi connectivity index (χ2v) is 16.2. The fourth-order valence-corrected chi connectivity index (χ4v) is 12.4. The molecule has 172 valence electrons. The second kappa shape index (κ2) is 12.7. The van der Waals surface area contributed by atoms with Crippen molar-refractivity contribution < 1.29 is 10.0 Å². The molecule has 0 bridgehead atoms. The van der Waals surface area contributed by atoms with Gasteiger partial charge in [-0.3, -0.25) is 10.0 Å². The van der Waals surface area contributed by atoms with Crippen LogP contribution >= 0.6 is 0 Å². The summed E-state index contributed by atoms with van der Waals surface area (Å²) < 4.78 is 4.63. The molecule has 1 N–H and O–H groups in total. The summed E-state index contributed by atoms with van der Waals surface area (Å²) in [7, 11) is 0. The molecular weight excluding hydrogens is 537 g/mol. The number of anilines is 1. The predicted molar refractivity (Wildman–Crippen MR) is 147 cm³/mol. The first-order valence-electron chi connectivity index (χ1n) is 11.5. The SMILES string of the molecule is O=C(c1ccccc1)N(O)c1ccccc1.c1cc[c]([SnH]([c]2ccccc2)[c]2ccccc2)cc1. The molecule has 5 aromatic rings. The van der Waals surface area contributed by atoms with Crippen molar-refractivity contribution in [2.45, 2.75) is 0 Å². The number of para-hydroxylation sites is 1. The average Bonchev–Trinajstić information content (AvgIpc) is 2.95. The van der Waals surface area contributed by atoms with E-state index in [0.717, 1.165) is 0 Å². The van der Waals surface area contributed by atoms with Crippen LogP contribution in [0.15, 0.2) is 152 Å². The van der Waals surface area contributed by atoms with Gasteiger partial charge in [-0.1, -0.05) is 36.4 Å². The molecule has 0 aromatic heterocycles. The van der Waals surface area contributed by atoms with Crippen molar-refractivity contribution in [1.82, 2.24) is 0 Å². The van der Waals surface area contributed by atoms with Crippen molar-refractivity contribution in [2.24, 2.45) is 0 Å². The van der Waals surface area contributed by atoms with E-state index in [1.54, 1.807) is 59.3 Å². The first-order chi connectivity index (χ1) is 17.2. The van der Waals surface area contributed by atoms with Crippen molar-refractivity contribution in [3.8, 4) is 0 Å². The van der Waals surface area contributed by atoms with E-state index in [1.807, 2.05) is 12.1 Å². The third kappa shape index (κ3) is 6.69. The molecule has 0 aliphatic carbocycles. The molecule has 0 saturated carbocycles. The van der Waals surface area contributed by atoms with Crippen LogP contribution in [0.1, 0.15) is 10.4 Å². The topological polar surface area (TPSA) is 40.5 Å². The Morgan fingerprint density at radius 2 is 0.800 bits per heavy atom. The summed E-state index contributed by atoms with van der Waals surface area (Å²) in [5.41, 5.74) is 0.908. The fourth-order valence-electron chi connectivity index (χ4n) is 3.90. The maximum absolute atomic E-state index is 11.8. The van der Waals surface area contributed by atoms with Gasteiger partial charge in [0.15, 0.2) is 0 Å². The number of amides is 1. The first-order valence-corrected chi connectivity index (χ1v) is 16.5. The van der Waals surface area contributed by atoms with E-state index in [0.29, 0.717) is 16.3 Å². The number of carbonyl (C=O) groups excluding carboxylic acids is 1. The summed E-state index contributed by atoms with van der Waals surface area (Å²) in [6.45, 7) is 0. The number of carbonyl (C=O) groups is 1. The van der Waals surface area contributed by atoms with Crippen LogP contribution < -0.4 is 15.8 Å². The van der Waals surface area contributed by atoms with Crippen molar-refractivity contribution in [3.63, 3.8) is 0 Å². The van der Waals surface area contributed by atoms with Crippen LogP contribution in [-0.4, -0.2) is 30.9 Å². The monoisotopic (exact) mass is 565 g/mol. The predicted octanol–water partition coefficient (Wildman–Crippen LogP) is 4.66. The van der Waals surface area contributed by atoms with E-state index in [1.165, 1.54) is 0 Å². The number of nitrogens with zero attached hydrogens (tertiary/aromatic N) is 1. The van der Waals surface area contributed by atoms with E-state index in [9.17, 15) is 10.0 Å². The standard InChI is InChI=1S/C13H11NO2.3C6H5.Sn.H/c15-13(11-7-3-1-4-8-11)14(16)12-9-5-2-6-10-12;3*1-2-4-6-5-3-1;;/h1-10,16H;3*1-5H;;. The minimum atomic E-state index is -2.14. The summed E-state index contributed by atoms with van der Waals surface area (Å²) in [4.78, 5) is 11.8. The van der Waals surface area contributed by atoms with Crippen LogP contribution in [0, 0.1) is 0 Å². The van der Waals surface area contributed by atoms with Crippen molar-refractivity contribution in [1.29, 1.82) is 0 Å². The van der Waals surface area contributed by atoms with Crippen LogP contribution in [0.2, 0.25) is 0 Å². The zero-order chi connectivity index (χ0) is 24.3. The van der Waals surface area contributed by atoms with E-state index in [-0.39, 0.29) is 0 Å². The summed E-state index contributed by atoms with van der Waals surface area (Å²) >= 11 is -2.14. The average molecular weight is 564 g/mol. The van der Waals surface area contributed by atoms with Gasteiger partial charge in [-0.25, -0.2) is 0 Å². The van der Waals surface area contributed by atoms with E-state index >= 15 is 0 Å². The number of hydroxylamine groups is 1. The van der Waals surface area contributed by atoms with Crippen LogP contribution in [0.25, 0.3) is 0 Å². The van der Waals surface area contributed by atoms with Gasteiger partial charge in [0, 0.05) is 5.56 Å². The quantitative estimate of drug-likeness (QED) is 0.192. The Balaban J connectivity index is 0.000000168. The molecule has 5 rings (SSSR count). The molecule has 35 heavy (non-hydrogen) atoms. The summed E-state index contributed by atoms with van der Waals surface area (Å²) in [6, 6.07) is 50.3. The Kier molecular flexibility index (Phi) is 8.87. The van der Waals surface area contributed by atoms with Crippen molar-refractivity contribution in [3.05, 3.63) is 157 Å². The molecule has 0 saturated heterocycles. The van der Waals surface area contributed by atoms with Crippen LogP contribution in [0.5, 0.6) is 0 Å². The van der Waals surface area contributed by atoms with Gasteiger partial charge in [-0.15, -0.1) is 0 Å². The third-order valence-electron chi connectivity index (χ3n) is 5.61. The minimum absolute atomic E-state index is 0.438. The third-order valence-corrected chi connectivity index (χ3v) is 14.6. The molecular formula is C31H27NO2Sn. The number of hydrogen-bond acceptors (Lipinski definition) is 2. The zero-order valence-electron chi connectivity index (χ0n) is 19.3. The van der Waals surface area contributed by atoms with Gasteiger partial charge >= 0.3 is 121 Å². The van der Waals surface area contributed by atoms with Crippen LogP contribution in [0.4, 0.5) is 5.69 Å². The molecule has 5 aromatic carbocycles. The molecule has 0 radical (unpaired) electrons. The summed E-state index contributed by atoms with van der Waals surface area (Å²) in [6.07, 6.45) is 0. The first kappa shape index (κ1) is 24.5. The van der Waals surface area contributed by atoms with Gasteiger partial charge in [0.25, 0.3) is 5.91 Å². The summed E-state index contributed by atoms with van der Waals surface area (Å²) in [5, 5.41) is 10.4. The zero-order valence-corrected chi connectivity index (χ0v) is 22.6. The molecule has 0 heterocycles. The van der Waals surface area contributed by atoms with Gasteiger partial charge in [0.2, 0.25) is 0 Å². The van der Waals surface area contributed by atoms with E-state index < -0.39 is 25.7 Å². The molecule has 4 heteroatoms. The number of benzene rings is 5. The van der Waals surface area contributed by atoms with Crippen LogP contribution in [-0.2, 0) is 0 Å². The molecule has 0 fully saturated rings. The number of rotatable bonds is 5. The fraction of sp³-hybridized carbons (Fsp3) is 0. The Bertz CT molecular complexity index is 1210. The summed E-state index contributed by atoms with van der Waals surface area (Å²) in [5.74, 6) is -0.438. The second-order valence-electron chi connectivity index (χ2n) is 7.98. The van der Waals surface area contributed by atoms with Gasteiger partial charge in [-0.2, -0.15) is 5.06 Å². The Hall–Kier alpha value is -3.67. The van der Waals surface area contributed by atoms with Gasteiger partial charge in [0.05, 0.1) is 5.69 Å². The van der Waals surface area contributed by atoms with Crippen LogP contribution in [0.3, 0.4) is 0 Å². The van der Waals surface area contributed by atoms with Crippen molar-refractivity contribution in [2.75, 3.05) is 5.06 Å². The van der Waals surface area contributed by atoms with Gasteiger partial charge in [-0.05, 0) is 24.3 Å². The molecule has 3 nitrogen and oxygen atoms in total. The van der Waals surface area contributed by atoms with Gasteiger partial charge in [0.1, 0.15) is 0 Å². The van der Waals surface area contributed by atoms with E-state index in [4.69, 9.17) is 0 Å². The molecule has 0 spiro atoms. The Morgan fingerprint density at radius 3 is 1.17 bits per heavy atom. The molecule has 0 atom stereocenters. The maximum atomic E-state index is 11.8. The molecule has 0 aliphatic rings. The Morgan fingerprint density at radius 1 is 0.486 bits per heavy atom.